The lowest BCUT2D eigenvalue weighted by Crippen LogP contribution is -2.46. The minimum absolute atomic E-state index is 0.0179. The number of hydrogen-bond donors (Lipinski definition) is 3. The highest BCUT2D eigenvalue weighted by Gasteiger charge is 2.23. The maximum Gasteiger partial charge on any atom is 0.263 e. The Morgan fingerprint density at radius 3 is 2.38 bits per heavy atom. The van der Waals surface area contributed by atoms with Gasteiger partial charge in [-0.15, -0.1) is 11.8 Å². The minimum atomic E-state index is -4.17. The average molecular weight is 835 g/mol. The molecule has 5 aromatic carbocycles. The molecular weight excluding hydrogens is 788 g/mol. The van der Waals surface area contributed by atoms with Gasteiger partial charge in [-0.25, -0.2) is 18.4 Å². The first-order valence-electron chi connectivity index (χ1n) is 19.1. The first kappa shape index (κ1) is 41.0. The van der Waals surface area contributed by atoms with Crippen LogP contribution < -0.4 is 20.7 Å². The quantitative estimate of drug-likeness (QED) is 0.0833. The van der Waals surface area contributed by atoms with E-state index in [4.69, 9.17) is 17.3 Å². The second-order valence-corrected chi connectivity index (χ2v) is 17.8. The van der Waals surface area contributed by atoms with E-state index >= 15 is 0 Å². The number of anilines is 3. The molecular formula is C44H47ClN8O3S2. The minimum Gasteiger partial charge on any atom is -0.381 e. The van der Waals surface area contributed by atoms with Gasteiger partial charge in [-0.1, -0.05) is 66.2 Å². The molecule has 1 aromatic heterocycles. The van der Waals surface area contributed by atoms with Crippen molar-refractivity contribution in [3.8, 4) is 11.1 Å². The van der Waals surface area contributed by atoms with Gasteiger partial charge in [0, 0.05) is 71.2 Å². The van der Waals surface area contributed by atoms with Crippen LogP contribution in [0.25, 0.3) is 22.0 Å². The Hall–Kier alpha value is -5.18. The van der Waals surface area contributed by atoms with Gasteiger partial charge >= 0.3 is 0 Å². The van der Waals surface area contributed by atoms with Crippen LogP contribution in [-0.2, 0) is 16.6 Å². The topological polar surface area (TPSA) is 137 Å². The average Bonchev–Trinajstić information content (AvgIpc) is 3.23. The molecule has 0 bridgehead atoms. The van der Waals surface area contributed by atoms with E-state index in [0.29, 0.717) is 16.6 Å². The number of carbonyl (C=O) groups is 1. The van der Waals surface area contributed by atoms with E-state index in [2.05, 4.69) is 83.2 Å². The van der Waals surface area contributed by atoms with E-state index in [9.17, 15) is 13.2 Å². The van der Waals surface area contributed by atoms with Gasteiger partial charge in [0.1, 0.15) is 6.33 Å². The molecule has 6 aromatic rings. The third-order valence-corrected chi connectivity index (χ3v) is 13.0. The molecule has 1 amide bonds. The summed E-state index contributed by atoms with van der Waals surface area (Å²) in [7, 11) is -0.146. The molecule has 1 fully saturated rings. The molecule has 1 aliphatic heterocycles. The summed E-state index contributed by atoms with van der Waals surface area (Å²) in [6.07, 6.45) is 2.15. The number of thioether (sulfide) groups is 1. The first-order valence-corrected chi connectivity index (χ1v) is 22.0. The zero-order chi connectivity index (χ0) is 40.6. The fraction of sp³-hybridized carbons (Fsp3) is 0.250. The van der Waals surface area contributed by atoms with Gasteiger partial charge < -0.3 is 20.9 Å². The number of nitrogens with zero attached hydrogens (tertiary/aromatic N) is 5. The van der Waals surface area contributed by atoms with Crippen molar-refractivity contribution in [3.05, 3.63) is 138 Å². The molecule has 4 N–H and O–H groups in total. The summed E-state index contributed by atoms with van der Waals surface area (Å²) >= 11 is 7.85. The number of nitrogens with one attached hydrogen (secondary N) is 2. The summed E-state index contributed by atoms with van der Waals surface area (Å²) in [4.78, 5) is 29.4. The molecule has 1 aliphatic rings. The van der Waals surface area contributed by atoms with Gasteiger partial charge in [0.05, 0.1) is 16.0 Å². The van der Waals surface area contributed by atoms with Gasteiger partial charge in [-0.05, 0) is 104 Å². The van der Waals surface area contributed by atoms with Gasteiger partial charge in [-0.3, -0.25) is 14.4 Å². The molecule has 11 nitrogen and oxygen atoms in total. The van der Waals surface area contributed by atoms with Crippen molar-refractivity contribution in [1.82, 2.24) is 19.8 Å². The van der Waals surface area contributed by atoms with Crippen LogP contribution in [-0.4, -0.2) is 92.7 Å². The molecule has 0 saturated carbocycles. The van der Waals surface area contributed by atoms with Crippen LogP contribution in [0.2, 0.25) is 5.02 Å². The van der Waals surface area contributed by atoms with Crippen molar-refractivity contribution in [2.24, 2.45) is 5.73 Å². The zero-order valence-electron chi connectivity index (χ0n) is 32.5. The largest absolute Gasteiger partial charge is 0.381 e. The predicted molar refractivity (Wildman–Crippen MR) is 237 cm³/mol. The van der Waals surface area contributed by atoms with Crippen molar-refractivity contribution in [1.29, 1.82) is 0 Å². The summed E-state index contributed by atoms with van der Waals surface area (Å²) in [6.45, 7) is 5.08. The van der Waals surface area contributed by atoms with Crippen LogP contribution in [0.5, 0.6) is 0 Å². The highest BCUT2D eigenvalue weighted by Crippen LogP contribution is 2.31. The van der Waals surface area contributed by atoms with Crippen molar-refractivity contribution < 1.29 is 13.2 Å². The van der Waals surface area contributed by atoms with Crippen molar-refractivity contribution in [2.75, 3.05) is 67.5 Å². The number of nitrogens with two attached hydrogens (primary N) is 1. The van der Waals surface area contributed by atoms with Crippen LogP contribution in [0, 0.1) is 0 Å². The third kappa shape index (κ3) is 10.3. The Labute approximate surface area is 349 Å². The second-order valence-electron chi connectivity index (χ2n) is 14.6. The predicted octanol–water partition coefficient (Wildman–Crippen LogP) is 7.70. The normalized spacial score (nSPS) is 14.1. The molecule has 2 heterocycles. The number of piperazine rings is 1. The van der Waals surface area contributed by atoms with E-state index in [1.54, 1.807) is 17.8 Å². The monoisotopic (exact) mass is 834 g/mol. The van der Waals surface area contributed by atoms with Gasteiger partial charge in [-0.2, -0.15) is 0 Å². The number of amides is 1. The zero-order valence-corrected chi connectivity index (χ0v) is 34.9. The number of aromatic nitrogens is 2. The molecule has 0 radical (unpaired) electrons. The highest BCUT2D eigenvalue weighted by molar-refractivity contribution is 7.99. The molecule has 14 heteroatoms. The standard InChI is InChI=1S/C44H47ClN8O3S2/c1-51(2)21-20-34(29-57-36-9-4-3-5-10-36)49-41-19-17-37(27-40(41)43(46)54)58(55,56)50-44-39-18-16-35(26-42(39)47-30-48-44)53-24-22-52(23-25-53)28-32-8-6-7-11-38(32)31-12-14-33(45)15-13-31/h3-19,26-27,30,34,49H,20-25,28-29H2,1-2H3,(H2,46,54)(H,47,48,50)/t34-/m1/s1. The molecule has 0 aliphatic carbocycles. The maximum absolute atomic E-state index is 13.8. The molecule has 58 heavy (non-hydrogen) atoms. The lowest BCUT2D eigenvalue weighted by Gasteiger charge is -2.36. The second kappa shape index (κ2) is 18.6. The Morgan fingerprint density at radius 2 is 1.64 bits per heavy atom. The van der Waals surface area contributed by atoms with E-state index < -0.39 is 15.9 Å². The Balaban J connectivity index is 1.02. The van der Waals surface area contributed by atoms with Crippen molar-refractivity contribution in [2.45, 2.75) is 28.8 Å². The maximum atomic E-state index is 13.8. The number of primary amides is 1. The summed E-state index contributed by atoms with van der Waals surface area (Å²) in [5.41, 5.74) is 11.6. The van der Waals surface area contributed by atoms with E-state index in [-0.39, 0.29) is 22.3 Å². The molecule has 300 valence electrons. The summed E-state index contributed by atoms with van der Waals surface area (Å²) in [6, 6.07) is 36.7. The molecule has 7 rings (SSSR count). The Kier molecular flexibility index (Phi) is 13.1. The first-order chi connectivity index (χ1) is 28.0. The lowest BCUT2D eigenvalue weighted by molar-refractivity contribution is 0.100. The SMILES string of the molecule is CN(C)CC[C@H](CSc1ccccc1)Nc1ccc(S(=O)(=O)Nc2ncnc3cc(N4CCN(Cc5ccccc5-c5ccc(Cl)cc5)CC4)ccc23)cc1C(N)=O. The van der Waals surface area contributed by atoms with E-state index in [1.165, 1.54) is 29.6 Å². The number of carbonyl (C=O) groups excluding carboxylic acids is 1. The van der Waals surface area contributed by atoms with Gasteiger partial charge in [0.15, 0.2) is 5.82 Å². The fourth-order valence-corrected chi connectivity index (χ4v) is 9.22. The summed E-state index contributed by atoms with van der Waals surface area (Å²) in [5, 5.41) is 4.75. The van der Waals surface area contributed by atoms with Crippen LogP contribution in [0.15, 0.2) is 131 Å². The number of fused-ring (bicyclic) bond motifs is 1. The highest BCUT2D eigenvalue weighted by atomic mass is 35.5. The summed E-state index contributed by atoms with van der Waals surface area (Å²) in [5.74, 6) is 0.146. The van der Waals surface area contributed by atoms with Crippen LogP contribution in [0.4, 0.5) is 17.2 Å². The van der Waals surface area contributed by atoms with Crippen LogP contribution in [0.1, 0.15) is 22.3 Å². The van der Waals surface area contributed by atoms with Crippen LogP contribution >= 0.6 is 23.4 Å². The molecule has 0 spiro atoms. The smallest absolute Gasteiger partial charge is 0.263 e. The molecule has 1 saturated heterocycles. The Bertz CT molecular complexity index is 2460. The van der Waals surface area contributed by atoms with Crippen LogP contribution in [0.3, 0.4) is 0 Å². The van der Waals surface area contributed by atoms with Gasteiger partial charge in [0.25, 0.3) is 15.9 Å². The number of rotatable bonds is 16. The number of hydrogen-bond acceptors (Lipinski definition) is 10. The van der Waals surface area contributed by atoms with E-state index in [1.807, 2.05) is 62.6 Å². The van der Waals surface area contributed by atoms with E-state index in [0.717, 1.165) is 72.6 Å². The number of sulfonamides is 1. The number of benzene rings is 5. The third-order valence-electron chi connectivity index (χ3n) is 10.2. The van der Waals surface area contributed by atoms with Gasteiger partial charge in [0.2, 0.25) is 0 Å². The Morgan fingerprint density at radius 1 is 0.897 bits per heavy atom. The molecule has 0 unspecified atom stereocenters. The fourth-order valence-electron chi connectivity index (χ4n) is 7.05. The number of halogens is 1. The van der Waals surface area contributed by atoms with Crippen molar-refractivity contribution in [3.63, 3.8) is 0 Å². The summed E-state index contributed by atoms with van der Waals surface area (Å²) < 4.78 is 30.3. The molecule has 1 atom stereocenters. The lowest BCUT2D eigenvalue weighted by atomic mass is 9.99. The van der Waals surface area contributed by atoms with Crippen molar-refractivity contribution >= 4 is 67.4 Å².